The van der Waals surface area contributed by atoms with Crippen LogP contribution >= 0.6 is 0 Å². The Morgan fingerprint density at radius 3 is 1.83 bits per heavy atom. The van der Waals surface area contributed by atoms with Crippen LogP contribution in [0.4, 0.5) is 13.2 Å². The molecule has 0 radical (unpaired) electrons. The molecule has 0 saturated carbocycles. The number of amides is 1. The number of alkyl halides is 3. The number of benzene rings is 2. The molecule has 1 saturated heterocycles. The first-order valence-corrected chi connectivity index (χ1v) is 13.9. The molecule has 1 N–H and O–H groups in total. The molecule has 5 nitrogen and oxygen atoms in total. The lowest BCUT2D eigenvalue weighted by molar-refractivity contribution is -0.175. The SMILES string of the molecule is CC(C)C[C@H](NC(=O)C(F)(F)F)C(=O)[C@@]1(CO[Si](c2ccccc2)(c2ccccc2)C(C)(C)C)CO1. The van der Waals surface area contributed by atoms with Crippen molar-refractivity contribution in [3.63, 3.8) is 0 Å². The minimum atomic E-state index is -5.08. The Morgan fingerprint density at radius 2 is 1.47 bits per heavy atom. The Balaban J connectivity index is 1.96. The molecule has 36 heavy (non-hydrogen) atoms. The van der Waals surface area contributed by atoms with Gasteiger partial charge < -0.3 is 14.5 Å². The van der Waals surface area contributed by atoms with Crippen LogP contribution in [0.2, 0.25) is 5.04 Å². The van der Waals surface area contributed by atoms with Crippen LogP contribution in [0.5, 0.6) is 0 Å². The molecule has 0 aliphatic carbocycles. The molecule has 2 aromatic rings. The maximum atomic E-state index is 13.5. The zero-order chi connectivity index (χ0) is 26.8. The van der Waals surface area contributed by atoms with Crippen molar-refractivity contribution in [3.8, 4) is 0 Å². The van der Waals surface area contributed by atoms with Crippen LogP contribution in [0.15, 0.2) is 60.7 Å². The van der Waals surface area contributed by atoms with Gasteiger partial charge in [0.15, 0.2) is 11.4 Å². The van der Waals surface area contributed by atoms with Crippen molar-refractivity contribution in [2.45, 2.75) is 63.9 Å². The second kappa shape index (κ2) is 10.5. The second-order valence-electron chi connectivity index (χ2n) is 10.8. The average Bonchev–Trinajstić information content (AvgIpc) is 3.59. The largest absolute Gasteiger partial charge is 0.471 e. The predicted molar refractivity (Wildman–Crippen MR) is 135 cm³/mol. The molecule has 1 aliphatic rings. The first kappa shape index (κ1) is 28.1. The Kier molecular flexibility index (Phi) is 8.17. The number of hydrogen-bond donors (Lipinski definition) is 1. The van der Waals surface area contributed by atoms with Gasteiger partial charge in [-0.05, 0) is 27.8 Å². The maximum absolute atomic E-state index is 13.5. The molecular weight excluding hydrogens is 487 g/mol. The van der Waals surface area contributed by atoms with E-state index in [2.05, 4.69) is 20.8 Å². The standard InChI is InChI=1S/C27H34F3NO4Si/c1-19(2)16-22(31-24(33)27(28,29)30)23(32)26(17-34-26)18-35-36(25(3,4)5,20-12-8-6-9-13-20)21-14-10-7-11-15-21/h6-15,19,22H,16-18H2,1-5H3,(H,31,33)/t22-,26-/m0/s1. The summed E-state index contributed by atoms with van der Waals surface area (Å²) in [6.45, 7) is 9.74. The summed E-state index contributed by atoms with van der Waals surface area (Å²) in [4.78, 5) is 25.2. The Labute approximate surface area is 211 Å². The Morgan fingerprint density at radius 1 is 1.00 bits per heavy atom. The average molecular weight is 522 g/mol. The fourth-order valence-electron chi connectivity index (χ4n) is 4.63. The lowest BCUT2D eigenvalue weighted by Crippen LogP contribution is -2.67. The van der Waals surface area contributed by atoms with Gasteiger partial charge in [-0.1, -0.05) is 95.3 Å². The van der Waals surface area contributed by atoms with Crippen LogP contribution in [-0.2, 0) is 18.8 Å². The van der Waals surface area contributed by atoms with Gasteiger partial charge in [-0.3, -0.25) is 9.59 Å². The van der Waals surface area contributed by atoms with E-state index in [1.54, 1.807) is 13.8 Å². The van der Waals surface area contributed by atoms with Crippen molar-refractivity contribution in [2.24, 2.45) is 5.92 Å². The van der Waals surface area contributed by atoms with E-state index in [4.69, 9.17) is 9.16 Å². The summed E-state index contributed by atoms with van der Waals surface area (Å²) >= 11 is 0. The summed E-state index contributed by atoms with van der Waals surface area (Å²) < 4.78 is 51.3. The monoisotopic (exact) mass is 521 g/mol. The third-order valence-electron chi connectivity index (χ3n) is 6.47. The van der Waals surface area contributed by atoms with Crippen LogP contribution in [0.1, 0.15) is 41.0 Å². The van der Waals surface area contributed by atoms with Crippen molar-refractivity contribution in [3.05, 3.63) is 60.7 Å². The molecule has 0 spiro atoms. The lowest BCUT2D eigenvalue weighted by atomic mass is 9.93. The fraction of sp³-hybridized carbons (Fsp3) is 0.481. The highest BCUT2D eigenvalue weighted by atomic mass is 28.4. The summed E-state index contributed by atoms with van der Waals surface area (Å²) in [7, 11) is -2.99. The molecule has 3 rings (SSSR count). The number of ether oxygens (including phenoxy) is 1. The van der Waals surface area contributed by atoms with E-state index in [1.807, 2.05) is 66.0 Å². The van der Waals surface area contributed by atoms with E-state index in [1.165, 1.54) is 0 Å². The molecule has 1 aliphatic heterocycles. The molecule has 2 aromatic carbocycles. The molecule has 1 heterocycles. The highest BCUT2D eigenvalue weighted by Gasteiger charge is 2.59. The first-order valence-electron chi connectivity index (χ1n) is 12.0. The van der Waals surface area contributed by atoms with Crippen LogP contribution < -0.4 is 15.7 Å². The second-order valence-corrected chi connectivity index (χ2v) is 15.1. The number of hydrogen-bond acceptors (Lipinski definition) is 4. The van der Waals surface area contributed by atoms with Gasteiger partial charge in [0.1, 0.15) is 0 Å². The summed E-state index contributed by atoms with van der Waals surface area (Å²) in [5.74, 6) is -2.85. The normalized spacial score (nSPS) is 19.1. The minimum Gasteiger partial charge on any atom is -0.404 e. The zero-order valence-electron chi connectivity index (χ0n) is 21.3. The zero-order valence-corrected chi connectivity index (χ0v) is 22.3. The van der Waals surface area contributed by atoms with E-state index in [-0.39, 0.29) is 30.6 Å². The van der Waals surface area contributed by atoms with Crippen molar-refractivity contribution in [2.75, 3.05) is 13.2 Å². The van der Waals surface area contributed by atoms with Gasteiger partial charge >= 0.3 is 12.1 Å². The van der Waals surface area contributed by atoms with Crippen molar-refractivity contribution in [1.82, 2.24) is 5.32 Å². The first-order chi connectivity index (χ1) is 16.7. The van der Waals surface area contributed by atoms with Gasteiger partial charge in [-0.15, -0.1) is 0 Å². The van der Waals surface area contributed by atoms with Gasteiger partial charge in [0, 0.05) is 0 Å². The van der Waals surface area contributed by atoms with Crippen molar-refractivity contribution >= 4 is 30.4 Å². The van der Waals surface area contributed by atoms with Gasteiger partial charge in [-0.2, -0.15) is 13.2 Å². The van der Waals surface area contributed by atoms with E-state index in [0.29, 0.717) is 0 Å². The molecule has 2 atom stereocenters. The topological polar surface area (TPSA) is 67.9 Å². The molecule has 1 fully saturated rings. The third kappa shape index (κ3) is 5.90. The molecule has 0 bridgehead atoms. The van der Waals surface area contributed by atoms with Crippen LogP contribution in [0.25, 0.3) is 0 Å². The van der Waals surface area contributed by atoms with E-state index in [0.717, 1.165) is 10.4 Å². The quantitative estimate of drug-likeness (QED) is 0.379. The van der Waals surface area contributed by atoms with E-state index < -0.39 is 37.8 Å². The van der Waals surface area contributed by atoms with Crippen LogP contribution in [0.3, 0.4) is 0 Å². The minimum absolute atomic E-state index is 0.0283. The summed E-state index contributed by atoms with van der Waals surface area (Å²) in [5, 5.41) is 3.56. The molecule has 9 heteroatoms. The number of ketones is 1. The maximum Gasteiger partial charge on any atom is 0.471 e. The van der Waals surface area contributed by atoms with Gasteiger partial charge in [0.2, 0.25) is 0 Å². The number of carbonyl (C=O) groups excluding carboxylic acids is 2. The molecule has 196 valence electrons. The Bertz CT molecular complexity index is 1010. The summed E-state index contributed by atoms with van der Waals surface area (Å²) in [5.41, 5.74) is -1.40. The number of Topliss-reactive ketones (excluding diaryl/α,β-unsaturated/α-hetero) is 1. The lowest BCUT2D eigenvalue weighted by Gasteiger charge is -2.43. The number of nitrogens with one attached hydrogen (secondary N) is 1. The van der Waals surface area contributed by atoms with Gasteiger partial charge in [-0.25, -0.2) is 0 Å². The molecule has 0 unspecified atom stereocenters. The fourth-order valence-corrected chi connectivity index (χ4v) is 9.24. The molecular formula is C27H34F3NO4Si. The third-order valence-corrected chi connectivity index (χ3v) is 11.4. The van der Waals surface area contributed by atoms with Crippen LogP contribution in [-0.4, -0.2) is 51.0 Å². The number of halogens is 3. The van der Waals surface area contributed by atoms with Crippen LogP contribution in [0, 0.1) is 5.92 Å². The number of rotatable bonds is 10. The van der Waals surface area contributed by atoms with Crippen molar-refractivity contribution in [1.29, 1.82) is 0 Å². The van der Waals surface area contributed by atoms with Gasteiger partial charge in [0.05, 0.1) is 19.3 Å². The molecule has 0 aromatic heterocycles. The number of carbonyl (C=O) groups is 2. The molecule has 1 amide bonds. The highest BCUT2D eigenvalue weighted by Crippen LogP contribution is 2.39. The smallest absolute Gasteiger partial charge is 0.404 e. The summed E-state index contributed by atoms with van der Waals surface area (Å²) in [6.07, 6.45) is -5.02. The highest BCUT2D eigenvalue weighted by molar-refractivity contribution is 6.99. The van der Waals surface area contributed by atoms with Crippen molar-refractivity contribution < 1.29 is 31.9 Å². The number of epoxide rings is 1. The summed E-state index contributed by atoms with van der Waals surface area (Å²) in [6, 6.07) is 18.3. The predicted octanol–water partition coefficient (Wildman–Crippen LogP) is 3.99. The Hall–Kier alpha value is -2.49. The van der Waals surface area contributed by atoms with E-state index in [9.17, 15) is 22.8 Å². The van der Waals surface area contributed by atoms with E-state index >= 15 is 0 Å². The van der Waals surface area contributed by atoms with Gasteiger partial charge in [0.25, 0.3) is 8.32 Å².